The Kier molecular flexibility index (Phi) is 4.74. The molecule has 1 N–H and O–H groups in total. The number of nitrogens with zero attached hydrogens (tertiary/aromatic N) is 1. The third-order valence-corrected chi connectivity index (χ3v) is 3.29. The SMILES string of the molecule is COc1ccc(F)cc1C(=O)N1CCOC[C@@H]1CC(=O)O. The normalized spacial score (nSPS) is 18.4. The van der Waals surface area contributed by atoms with E-state index < -0.39 is 23.7 Å². The number of ether oxygens (including phenoxy) is 2. The molecule has 1 aliphatic rings. The molecule has 1 saturated heterocycles. The number of morpholine rings is 1. The summed E-state index contributed by atoms with van der Waals surface area (Å²) in [5.74, 6) is -1.78. The van der Waals surface area contributed by atoms with Gasteiger partial charge < -0.3 is 19.5 Å². The fourth-order valence-corrected chi connectivity index (χ4v) is 2.29. The maximum atomic E-state index is 13.4. The number of carboxylic acids is 1. The summed E-state index contributed by atoms with van der Waals surface area (Å²) in [5, 5.41) is 8.90. The number of amides is 1. The average Bonchev–Trinajstić information content (AvgIpc) is 2.46. The number of halogens is 1. The Labute approximate surface area is 121 Å². The molecule has 0 unspecified atom stereocenters. The van der Waals surface area contributed by atoms with Gasteiger partial charge in [-0.15, -0.1) is 0 Å². The second kappa shape index (κ2) is 6.53. The Balaban J connectivity index is 2.28. The van der Waals surface area contributed by atoms with Crippen LogP contribution >= 0.6 is 0 Å². The number of hydrogen-bond donors (Lipinski definition) is 1. The van der Waals surface area contributed by atoms with Crippen molar-refractivity contribution < 1.29 is 28.6 Å². The zero-order chi connectivity index (χ0) is 15.4. The lowest BCUT2D eigenvalue weighted by atomic mass is 10.1. The quantitative estimate of drug-likeness (QED) is 0.902. The van der Waals surface area contributed by atoms with Gasteiger partial charge in [0, 0.05) is 6.54 Å². The highest BCUT2D eigenvalue weighted by atomic mass is 19.1. The first-order chi connectivity index (χ1) is 10.0. The molecule has 1 aromatic carbocycles. The monoisotopic (exact) mass is 297 g/mol. The number of hydrogen-bond acceptors (Lipinski definition) is 4. The first-order valence-corrected chi connectivity index (χ1v) is 6.47. The number of benzene rings is 1. The van der Waals surface area contributed by atoms with Crippen molar-refractivity contribution in [3.05, 3.63) is 29.6 Å². The molecule has 7 heteroatoms. The minimum atomic E-state index is -1.02. The van der Waals surface area contributed by atoms with E-state index in [4.69, 9.17) is 14.6 Å². The first-order valence-electron chi connectivity index (χ1n) is 6.47. The van der Waals surface area contributed by atoms with E-state index in [-0.39, 0.29) is 30.9 Å². The van der Waals surface area contributed by atoms with Crippen molar-refractivity contribution in [1.82, 2.24) is 4.90 Å². The maximum Gasteiger partial charge on any atom is 0.305 e. The fraction of sp³-hybridized carbons (Fsp3) is 0.429. The summed E-state index contributed by atoms with van der Waals surface area (Å²) >= 11 is 0. The van der Waals surface area contributed by atoms with Crippen LogP contribution in [-0.2, 0) is 9.53 Å². The number of carboxylic acid groups (broad SMARTS) is 1. The van der Waals surface area contributed by atoms with E-state index in [2.05, 4.69) is 0 Å². The molecular weight excluding hydrogens is 281 g/mol. The van der Waals surface area contributed by atoms with Gasteiger partial charge in [-0.3, -0.25) is 9.59 Å². The molecule has 1 atom stereocenters. The molecule has 0 aliphatic carbocycles. The highest BCUT2D eigenvalue weighted by molar-refractivity contribution is 5.97. The molecule has 1 amide bonds. The minimum absolute atomic E-state index is 0.0785. The highest BCUT2D eigenvalue weighted by Gasteiger charge is 2.31. The van der Waals surface area contributed by atoms with E-state index in [1.165, 1.54) is 24.1 Å². The van der Waals surface area contributed by atoms with E-state index in [1.807, 2.05) is 0 Å². The van der Waals surface area contributed by atoms with Gasteiger partial charge in [0.05, 0.1) is 38.3 Å². The number of rotatable bonds is 4. The van der Waals surface area contributed by atoms with Crippen LogP contribution in [0, 0.1) is 5.82 Å². The van der Waals surface area contributed by atoms with Gasteiger partial charge in [0.1, 0.15) is 11.6 Å². The lowest BCUT2D eigenvalue weighted by Crippen LogP contribution is -2.49. The van der Waals surface area contributed by atoms with Gasteiger partial charge in [-0.05, 0) is 18.2 Å². The molecule has 0 spiro atoms. The molecule has 0 aromatic heterocycles. The van der Waals surface area contributed by atoms with Crippen LogP contribution in [0.25, 0.3) is 0 Å². The maximum absolute atomic E-state index is 13.4. The van der Waals surface area contributed by atoms with Crippen LogP contribution in [0.4, 0.5) is 4.39 Å². The largest absolute Gasteiger partial charge is 0.496 e. The summed E-state index contributed by atoms with van der Waals surface area (Å²) < 4.78 is 23.7. The van der Waals surface area contributed by atoms with Crippen molar-refractivity contribution in [1.29, 1.82) is 0 Å². The summed E-state index contributed by atoms with van der Waals surface area (Å²) in [4.78, 5) is 24.8. The van der Waals surface area contributed by atoms with Crippen molar-refractivity contribution >= 4 is 11.9 Å². The van der Waals surface area contributed by atoms with Crippen LogP contribution in [0.5, 0.6) is 5.75 Å². The van der Waals surface area contributed by atoms with Crippen molar-refractivity contribution in [2.24, 2.45) is 0 Å². The van der Waals surface area contributed by atoms with Crippen molar-refractivity contribution in [3.8, 4) is 5.75 Å². The Morgan fingerprint density at radius 3 is 2.95 bits per heavy atom. The molecule has 2 rings (SSSR count). The van der Waals surface area contributed by atoms with E-state index in [0.29, 0.717) is 6.61 Å². The van der Waals surface area contributed by atoms with Crippen molar-refractivity contribution in [2.45, 2.75) is 12.5 Å². The zero-order valence-corrected chi connectivity index (χ0v) is 11.5. The molecule has 1 aromatic rings. The summed E-state index contributed by atoms with van der Waals surface area (Å²) in [6, 6.07) is 3.09. The summed E-state index contributed by atoms with van der Waals surface area (Å²) in [6.45, 7) is 0.728. The van der Waals surface area contributed by atoms with Crippen LogP contribution in [0.2, 0.25) is 0 Å². The number of carbonyl (C=O) groups excluding carboxylic acids is 1. The number of aliphatic carboxylic acids is 1. The second-order valence-corrected chi connectivity index (χ2v) is 4.67. The first kappa shape index (κ1) is 15.2. The molecular formula is C14H16FNO5. The topological polar surface area (TPSA) is 76.1 Å². The molecule has 114 valence electrons. The van der Waals surface area contributed by atoms with Crippen molar-refractivity contribution in [3.63, 3.8) is 0 Å². The lowest BCUT2D eigenvalue weighted by Gasteiger charge is -2.35. The van der Waals surface area contributed by atoms with E-state index in [9.17, 15) is 14.0 Å². The summed E-state index contributed by atoms with van der Waals surface area (Å²) in [6.07, 6.45) is -0.219. The number of methoxy groups -OCH3 is 1. The summed E-state index contributed by atoms with van der Waals surface area (Å²) in [5.41, 5.74) is 0.0785. The molecule has 0 radical (unpaired) electrons. The van der Waals surface area contributed by atoms with Crippen LogP contribution in [0.3, 0.4) is 0 Å². The Bertz CT molecular complexity index is 548. The minimum Gasteiger partial charge on any atom is -0.496 e. The smallest absolute Gasteiger partial charge is 0.305 e. The standard InChI is InChI=1S/C14H16FNO5/c1-20-12-3-2-9(15)6-11(12)14(19)16-4-5-21-8-10(16)7-13(17)18/h2-3,6,10H,4-5,7-8H2,1H3,(H,17,18)/t10-/m0/s1. The average molecular weight is 297 g/mol. The van der Waals surface area contributed by atoms with E-state index in [0.717, 1.165) is 6.07 Å². The van der Waals surface area contributed by atoms with Crippen molar-refractivity contribution in [2.75, 3.05) is 26.9 Å². The second-order valence-electron chi connectivity index (χ2n) is 4.67. The third kappa shape index (κ3) is 3.49. The lowest BCUT2D eigenvalue weighted by molar-refractivity contribution is -0.139. The Hall–Kier alpha value is -2.15. The van der Waals surface area contributed by atoms with Gasteiger partial charge in [0.2, 0.25) is 0 Å². The molecule has 21 heavy (non-hydrogen) atoms. The van der Waals surface area contributed by atoms with Gasteiger partial charge in [-0.1, -0.05) is 0 Å². The molecule has 0 saturated carbocycles. The van der Waals surface area contributed by atoms with E-state index >= 15 is 0 Å². The Morgan fingerprint density at radius 2 is 2.29 bits per heavy atom. The van der Waals surface area contributed by atoms with Gasteiger partial charge in [0.15, 0.2) is 0 Å². The molecule has 0 bridgehead atoms. The van der Waals surface area contributed by atoms with Crippen LogP contribution < -0.4 is 4.74 Å². The predicted octanol–water partition coefficient (Wildman–Crippen LogP) is 1.15. The predicted molar refractivity (Wildman–Crippen MR) is 70.8 cm³/mol. The van der Waals surface area contributed by atoms with Crippen LogP contribution in [0.15, 0.2) is 18.2 Å². The molecule has 1 heterocycles. The Morgan fingerprint density at radius 1 is 1.52 bits per heavy atom. The highest BCUT2D eigenvalue weighted by Crippen LogP contribution is 2.23. The molecule has 1 fully saturated rings. The van der Waals surface area contributed by atoms with E-state index in [1.54, 1.807) is 0 Å². The fourth-order valence-electron chi connectivity index (χ4n) is 2.29. The van der Waals surface area contributed by atoms with Crippen LogP contribution in [0.1, 0.15) is 16.8 Å². The van der Waals surface area contributed by atoms with Gasteiger partial charge in [-0.2, -0.15) is 0 Å². The molecule has 1 aliphatic heterocycles. The van der Waals surface area contributed by atoms with Gasteiger partial charge >= 0.3 is 5.97 Å². The van der Waals surface area contributed by atoms with Gasteiger partial charge in [0.25, 0.3) is 5.91 Å². The zero-order valence-electron chi connectivity index (χ0n) is 11.5. The van der Waals surface area contributed by atoms with Crippen LogP contribution in [-0.4, -0.2) is 54.8 Å². The summed E-state index contributed by atoms with van der Waals surface area (Å²) in [7, 11) is 1.39. The van der Waals surface area contributed by atoms with Gasteiger partial charge in [-0.25, -0.2) is 4.39 Å². The molecule has 6 nitrogen and oxygen atoms in total. The number of carbonyl (C=O) groups is 2. The third-order valence-electron chi connectivity index (χ3n) is 3.29.